The van der Waals surface area contributed by atoms with E-state index in [1.807, 2.05) is 25.6 Å². The van der Waals surface area contributed by atoms with Gasteiger partial charge in [0.2, 0.25) is 11.8 Å². The molecular weight excluding hydrogens is 555 g/mol. The van der Waals surface area contributed by atoms with Gasteiger partial charge >= 0.3 is 0 Å². The molecule has 0 N–H and O–H groups in total. The minimum absolute atomic E-state index is 0.0743. The molecule has 0 saturated heterocycles. The topological polar surface area (TPSA) is 43.2 Å². The van der Waals surface area contributed by atoms with Gasteiger partial charge < -0.3 is 9.47 Å². The largest absolute Gasteiger partial charge is 0.480 e. The van der Waals surface area contributed by atoms with Crippen molar-refractivity contribution in [2.45, 2.75) is 82.2 Å². The summed E-state index contributed by atoms with van der Waals surface area (Å²) in [4.78, 5) is 12.6. The van der Waals surface area contributed by atoms with Gasteiger partial charge in [-0.3, -0.25) is 0 Å². The molecule has 1 aliphatic rings. The minimum Gasteiger partial charge on any atom is -0.480 e. The second-order valence-electron chi connectivity index (χ2n) is 9.21. The molecule has 1 heterocycles. The molecule has 4 nitrogen and oxygen atoms in total. The lowest BCUT2D eigenvalue weighted by molar-refractivity contribution is 0.255. The second-order valence-corrected chi connectivity index (χ2v) is 11.6. The zero-order valence-corrected chi connectivity index (χ0v) is 24.2. The molecule has 6 heteroatoms. The highest BCUT2D eigenvalue weighted by molar-refractivity contribution is 14.1. The molecule has 184 valence electrons. The summed E-state index contributed by atoms with van der Waals surface area (Å²) in [6.07, 6.45) is 2.87. The third kappa shape index (κ3) is 7.00. The fourth-order valence-electron chi connectivity index (χ4n) is 4.17. The molecule has 1 aliphatic heterocycles. The third-order valence-electron chi connectivity index (χ3n) is 5.99. The summed E-state index contributed by atoms with van der Waals surface area (Å²) in [5, 5.41) is 0. The first kappa shape index (κ1) is 27.1. The number of benzene rings is 2. The van der Waals surface area contributed by atoms with E-state index in [1.54, 1.807) is 0 Å². The number of nitrogens with zero attached hydrogens (tertiary/aromatic N) is 2. The summed E-state index contributed by atoms with van der Waals surface area (Å²) in [5.74, 6) is 1.80. The molecule has 0 saturated carbocycles. The molecule has 0 bridgehead atoms. The molecule has 0 amide bonds. The summed E-state index contributed by atoms with van der Waals surface area (Å²) in [6, 6.07) is 15.4. The van der Waals surface area contributed by atoms with Crippen LogP contribution in [0.5, 0.6) is 0 Å². The number of rotatable bonds is 9. The lowest BCUT2D eigenvalue weighted by Crippen LogP contribution is -2.45. The Bertz CT molecular complexity index is 1040. The van der Waals surface area contributed by atoms with Crippen molar-refractivity contribution in [3.05, 3.63) is 57.2 Å². The van der Waals surface area contributed by atoms with Crippen LogP contribution in [0.2, 0.25) is 0 Å². The van der Waals surface area contributed by atoms with Gasteiger partial charge in [0.1, 0.15) is 11.6 Å². The van der Waals surface area contributed by atoms with Gasteiger partial charge in [-0.2, -0.15) is 0 Å². The summed E-state index contributed by atoms with van der Waals surface area (Å²) in [7, 11) is 0. The van der Waals surface area contributed by atoms with Crippen molar-refractivity contribution in [3.63, 3.8) is 0 Å². The molecule has 0 aliphatic carbocycles. The summed E-state index contributed by atoms with van der Waals surface area (Å²) in [6.45, 7) is 13.8. The van der Waals surface area contributed by atoms with E-state index in [2.05, 4.69) is 92.8 Å². The predicted octanol–water partition coefficient (Wildman–Crippen LogP) is 7.74. The molecule has 2 atom stereocenters. The lowest BCUT2D eigenvalue weighted by atomic mass is 9.90. The van der Waals surface area contributed by atoms with Gasteiger partial charge in [-0.1, -0.05) is 37.7 Å². The quantitative estimate of drug-likeness (QED) is 0.280. The Morgan fingerprint density at radius 3 is 2.44 bits per heavy atom. The fraction of sp³-hybridized carbons (Fsp3) is 0.500. The Morgan fingerprint density at radius 1 is 1.06 bits per heavy atom. The molecule has 0 spiro atoms. The highest BCUT2D eigenvalue weighted by Crippen LogP contribution is 2.32. The molecule has 2 aromatic rings. The van der Waals surface area contributed by atoms with Crippen molar-refractivity contribution in [2.24, 2.45) is 15.9 Å². The van der Waals surface area contributed by atoms with Crippen LogP contribution < -0.4 is 0 Å². The number of ether oxygens (including phenoxy) is 2. The van der Waals surface area contributed by atoms with Crippen molar-refractivity contribution in [1.82, 2.24) is 0 Å². The smallest absolute Gasteiger partial charge is 0.212 e. The van der Waals surface area contributed by atoms with E-state index in [-0.39, 0.29) is 6.04 Å². The first-order valence-electron chi connectivity index (χ1n) is 12.2. The van der Waals surface area contributed by atoms with E-state index in [1.165, 1.54) is 24.5 Å². The van der Waals surface area contributed by atoms with Crippen LogP contribution >= 0.6 is 34.4 Å². The number of aryl methyl sites for hydroxylation is 2. The van der Waals surface area contributed by atoms with Gasteiger partial charge in [0.05, 0.1) is 13.2 Å². The van der Waals surface area contributed by atoms with Crippen molar-refractivity contribution >= 4 is 46.1 Å². The van der Waals surface area contributed by atoms with Gasteiger partial charge in [-0.15, -0.1) is 0 Å². The van der Waals surface area contributed by atoms with Crippen LogP contribution in [0.1, 0.15) is 58.6 Å². The van der Waals surface area contributed by atoms with Crippen LogP contribution in [0.15, 0.2) is 62.2 Å². The molecule has 2 aromatic carbocycles. The average molecular weight is 593 g/mol. The lowest BCUT2D eigenvalue weighted by Gasteiger charge is -2.34. The highest BCUT2D eigenvalue weighted by atomic mass is 127. The zero-order valence-electron chi connectivity index (χ0n) is 21.2. The van der Waals surface area contributed by atoms with E-state index in [9.17, 15) is 0 Å². The third-order valence-corrected chi connectivity index (χ3v) is 7.64. The fourth-order valence-corrected chi connectivity index (χ4v) is 5.90. The minimum atomic E-state index is -0.486. The molecule has 3 rings (SSSR count). The van der Waals surface area contributed by atoms with E-state index >= 15 is 0 Å². The zero-order chi connectivity index (χ0) is 24.7. The summed E-state index contributed by atoms with van der Waals surface area (Å²) >= 11 is 4.18. The van der Waals surface area contributed by atoms with Crippen LogP contribution in [0, 0.1) is 16.4 Å². The van der Waals surface area contributed by atoms with Crippen molar-refractivity contribution in [2.75, 3.05) is 13.2 Å². The molecular formula is C28H37IN2O2S. The Labute approximate surface area is 223 Å². The number of hydrogen-bond donors (Lipinski definition) is 0. The monoisotopic (exact) mass is 592 g/mol. The van der Waals surface area contributed by atoms with E-state index < -0.39 is 5.54 Å². The standard InChI is InChI=1S/C28H37IN2O2S/c1-7-32-26-25(19(3)4)30-27(33-8-2)28(6,31-26)16-10-11-21-14-15-24(17-20(21)5)34-23-13-9-12-22(29)18-23/h9,12-15,17-19,25H,7-8,10-11,16H2,1-6H3/t25-,28+/m0/s1. The molecule has 0 radical (unpaired) electrons. The molecule has 34 heavy (non-hydrogen) atoms. The Balaban J connectivity index is 1.69. The first-order valence-corrected chi connectivity index (χ1v) is 14.1. The van der Waals surface area contributed by atoms with E-state index in [4.69, 9.17) is 19.5 Å². The Morgan fingerprint density at radius 2 is 1.79 bits per heavy atom. The average Bonchev–Trinajstić information content (AvgIpc) is 2.77. The number of halogens is 1. The van der Waals surface area contributed by atoms with Gasteiger partial charge in [-0.25, -0.2) is 9.98 Å². The first-order chi connectivity index (χ1) is 16.3. The molecule has 0 aromatic heterocycles. The van der Waals surface area contributed by atoms with E-state index in [0.717, 1.165) is 31.1 Å². The maximum absolute atomic E-state index is 6.00. The van der Waals surface area contributed by atoms with E-state index in [0.29, 0.717) is 19.1 Å². The van der Waals surface area contributed by atoms with Crippen LogP contribution in [0.25, 0.3) is 0 Å². The van der Waals surface area contributed by atoms with Crippen LogP contribution in [-0.4, -0.2) is 36.6 Å². The van der Waals surface area contributed by atoms with Crippen LogP contribution in [0.4, 0.5) is 0 Å². The van der Waals surface area contributed by atoms with Gasteiger partial charge in [0.25, 0.3) is 0 Å². The molecule has 0 unspecified atom stereocenters. The SMILES string of the molecule is CCOC1=N[C@](C)(CCCc2ccc(Sc3cccc(I)c3)cc2C)C(OCC)=N[C@H]1C(C)C. The summed E-state index contributed by atoms with van der Waals surface area (Å²) < 4.78 is 13.2. The van der Waals surface area contributed by atoms with Crippen molar-refractivity contribution in [3.8, 4) is 0 Å². The number of hydrogen-bond acceptors (Lipinski definition) is 5. The van der Waals surface area contributed by atoms with Crippen molar-refractivity contribution in [1.29, 1.82) is 0 Å². The summed E-state index contributed by atoms with van der Waals surface area (Å²) in [5.41, 5.74) is 2.23. The number of aliphatic imine (C=N–C) groups is 2. The Kier molecular flexibility index (Phi) is 9.89. The van der Waals surface area contributed by atoms with Crippen LogP contribution in [0.3, 0.4) is 0 Å². The normalized spacial score (nSPS) is 20.2. The predicted molar refractivity (Wildman–Crippen MR) is 153 cm³/mol. The molecule has 0 fully saturated rings. The maximum Gasteiger partial charge on any atom is 0.212 e. The van der Waals surface area contributed by atoms with Crippen molar-refractivity contribution < 1.29 is 9.47 Å². The Hall–Kier alpha value is -1.54. The maximum atomic E-state index is 6.00. The van der Waals surface area contributed by atoms with Crippen LogP contribution in [-0.2, 0) is 15.9 Å². The second kappa shape index (κ2) is 12.4. The van der Waals surface area contributed by atoms with Gasteiger partial charge in [-0.05, 0) is 117 Å². The van der Waals surface area contributed by atoms with Gasteiger partial charge in [0, 0.05) is 13.4 Å². The van der Waals surface area contributed by atoms with Gasteiger partial charge in [0.15, 0.2) is 0 Å². The highest BCUT2D eigenvalue weighted by Gasteiger charge is 2.39.